The van der Waals surface area contributed by atoms with Crippen LogP contribution in [0.5, 0.6) is 0 Å². The highest BCUT2D eigenvalue weighted by molar-refractivity contribution is 6.00. The Morgan fingerprint density at radius 3 is 0.900 bits per heavy atom. The van der Waals surface area contributed by atoms with Crippen LogP contribution in [-0.4, -0.2) is 139 Å². The quantitative estimate of drug-likeness (QED) is 0.0532. The summed E-state index contributed by atoms with van der Waals surface area (Å²) in [5, 5.41) is 11.4. The summed E-state index contributed by atoms with van der Waals surface area (Å²) in [7, 11) is 0. The van der Waals surface area contributed by atoms with Crippen LogP contribution in [0.2, 0.25) is 0 Å². The van der Waals surface area contributed by atoms with Gasteiger partial charge in [0, 0.05) is 64.4 Å². The van der Waals surface area contributed by atoms with Crippen LogP contribution in [0.1, 0.15) is 102 Å². The van der Waals surface area contributed by atoms with Gasteiger partial charge in [-0.3, -0.25) is 19.2 Å². The molecule has 346 valence electrons. The summed E-state index contributed by atoms with van der Waals surface area (Å²) >= 11 is 0. The molecule has 0 radical (unpaired) electrons. The minimum Gasteiger partial charge on any atom is -0.382 e. The van der Waals surface area contributed by atoms with E-state index in [4.69, 9.17) is 39.9 Å². The molecule has 0 bridgehead atoms. The van der Waals surface area contributed by atoms with Crippen molar-refractivity contribution in [2.75, 3.05) is 117 Å². The first-order chi connectivity index (χ1) is 28.7. The van der Waals surface area contributed by atoms with Crippen molar-refractivity contribution in [3.8, 4) is 0 Å². The summed E-state index contributed by atoms with van der Waals surface area (Å²) in [4.78, 5) is 58.0. The number of anilines is 2. The number of hydrogen-bond acceptors (Lipinski definition) is 14. The Hall–Kier alpha value is -3.68. The van der Waals surface area contributed by atoms with Gasteiger partial charge >= 0.3 is 0 Å². The molecule has 0 unspecified atom stereocenters. The maximum atomic E-state index is 12.6. The van der Waals surface area contributed by atoms with E-state index in [0.717, 1.165) is 12.8 Å². The minimum atomic E-state index is -0.563. The molecule has 1 rings (SSSR count). The monoisotopic (exact) mass is 855 g/mol. The molecule has 0 aliphatic rings. The van der Waals surface area contributed by atoms with Crippen molar-refractivity contribution in [1.29, 1.82) is 0 Å². The zero-order chi connectivity index (χ0) is 44.7. The number of carbonyl (C=O) groups is 4. The predicted octanol–water partition coefficient (Wildman–Crippen LogP) is 2.85. The smallest absolute Gasteiger partial charge is 0.273 e. The maximum Gasteiger partial charge on any atom is 0.273 e. The highest BCUT2D eigenvalue weighted by Crippen LogP contribution is 2.21. The van der Waals surface area contributed by atoms with Crippen LogP contribution in [-0.2, 0) is 38.0 Å². The fraction of sp³-hybridized carbons (Fsp3) is 0.810. The molecular formula is C42H78N8O10. The van der Waals surface area contributed by atoms with Crippen molar-refractivity contribution in [3.05, 3.63) is 11.4 Å². The molecule has 8 N–H and O–H groups in total. The first kappa shape index (κ1) is 54.3. The van der Waals surface area contributed by atoms with Crippen molar-refractivity contribution in [1.82, 2.24) is 31.2 Å². The molecule has 60 heavy (non-hydrogen) atoms. The van der Waals surface area contributed by atoms with Crippen LogP contribution in [0.4, 0.5) is 11.6 Å². The summed E-state index contributed by atoms with van der Waals surface area (Å²) in [6, 6.07) is 0. The van der Waals surface area contributed by atoms with Crippen molar-refractivity contribution >= 4 is 35.3 Å². The third-order valence-electron chi connectivity index (χ3n) is 9.38. The highest BCUT2D eigenvalue weighted by atomic mass is 16.5. The van der Waals surface area contributed by atoms with Gasteiger partial charge in [0.1, 0.15) is 0 Å². The second-order valence-corrected chi connectivity index (χ2v) is 15.9. The standard InChI is InChI=1S/C42H78N8O10/c1-29(2)33(30(3)4)39(51)45-13-9-17-55-21-25-59-27-23-57-19-11-15-47-41(53)35-37(43)50-36(38(44)49-35)42(54)48-16-12-20-58-24-28-60-26-22-56-18-10-14-46-40(52)34(31(5)6)32(7)8/h29-34H,9-28H2,1-8H3,(H2,44,49)(H2,43,50)(H,45,51)(H,46,52)(H,47,53)(H,48,54). The average molecular weight is 855 g/mol. The number of amides is 4. The van der Waals surface area contributed by atoms with Gasteiger partial charge in [-0.1, -0.05) is 55.4 Å². The fourth-order valence-corrected chi connectivity index (χ4v) is 6.56. The molecule has 18 heteroatoms. The molecule has 0 fully saturated rings. The molecule has 0 aliphatic carbocycles. The summed E-state index contributed by atoms with van der Waals surface area (Å²) < 4.78 is 33.3. The predicted molar refractivity (Wildman–Crippen MR) is 231 cm³/mol. The largest absolute Gasteiger partial charge is 0.382 e. The van der Waals surface area contributed by atoms with Gasteiger partial charge in [0.05, 0.1) is 52.9 Å². The van der Waals surface area contributed by atoms with Crippen LogP contribution in [0.25, 0.3) is 0 Å². The Morgan fingerprint density at radius 1 is 0.417 bits per heavy atom. The van der Waals surface area contributed by atoms with Crippen molar-refractivity contribution in [2.24, 2.45) is 35.5 Å². The topological polar surface area (TPSA) is 250 Å². The van der Waals surface area contributed by atoms with E-state index in [1.54, 1.807) is 0 Å². The number of rotatable bonds is 36. The molecule has 18 nitrogen and oxygen atoms in total. The van der Waals surface area contributed by atoms with Crippen LogP contribution < -0.4 is 32.7 Å². The van der Waals surface area contributed by atoms with Gasteiger partial charge in [-0.05, 0) is 49.4 Å². The molecule has 1 aromatic rings. The number of hydrogen-bond donors (Lipinski definition) is 6. The number of ether oxygens (including phenoxy) is 6. The SMILES string of the molecule is CC(C)C(C(=O)NCCCOCCOCCOCCCNC(=O)c1nc(N)c(C(=O)NCCCOCCOCCOCCCNC(=O)C(C(C)C)C(C)C)nc1N)C(C)C. The zero-order valence-electron chi connectivity index (χ0n) is 37.7. The van der Waals surface area contributed by atoms with Gasteiger partial charge in [-0.2, -0.15) is 0 Å². The van der Waals surface area contributed by atoms with Gasteiger partial charge < -0.3 is 61.2 Å². The van der Waals surface area contributed by atoms with Crippen LogP contribution in [0, 0.1) is 35.5 Å². The first-order valence-corrected chi connectivity index (χ1v) is 21.7. The van der Waals surface area contributed by atoms with Crippen molar-refractivity contribution in [3.63, 3.8) is 0 Å². The second-order valence-electron chi connectivity index (χ2n) is 15.9. The molecule has 0 saturated heterocycles. The first-order valence-electron chi connectivity index (χ1n) is 21.7. The van der Waals surface area contributed by atoms with E-state index in [1.807, 2.05) is 0 Å². The lowest BCUT2D eigenvalue weighted by atomic mass is 9.85. The van der Waals surface area contributed by atoms with Gasteiger partial charge in [0.25, 0.3) is 11.8 Å². The maximum absolute atomic E-state index is 12.6. The van der Waals surface area contributed by atoms with E-state index >= 15 is 0 Å². The van der Waals surface area contributed by atoms with Gasteiger partial charge in [-0.15, -0.1) is 0 Å². The highest BCUT2D eigenvalue weighted by Gasteiger charge is 2.26. The number of nitrogens with zero attached hydrogens (tertiary/aromatic N) is 2. The van der Waals surface area contributed by atoms with Gasteiger partial charge in [-0.25, -0.2) is 9.97 Å². The summed E-state index contributed by atoms with van der Waals surface area (Å²) in [6.07, 6.45) is 2.56. The molecular weight excluding hydrogens is 777 g/mol. The minimum absolute atomic E-state index is 0.0138. The Morgan fingerprint density at radius 2 is 0.650 bits per heavy atom. The lowest BCUT2D eigenvalue weighted by Crippen LogP contribution is -2.37. The molecule has 1 aromatic heterocycles. The molecule has 4 amide bonds. The van der Waals surface area contributed by atoms with Crippen LogP contribution in [0.15, 0.2) is 0 Å². The second kappa shape index (κ2) is 33.0. The van der Waals surface area contributed by atoms with Crippen LogP contribution in [0.3, 0.4) is 0 Å². The van der Waals surface area contributed by atoms with E-state index in [-0.39, 0.29) is 46.7 Å². The zero-order valence-corrected chi connectivity index (χ0v) is 37.7. The third kappa shape index (κ3) is 23.9. The molecule has 0 aromatic carbocycles. The summed E-state index contributed by atoms with van der Waals surface area (Å²) in [6.45, 7) is 23.6. The number of carbonyl (C=O) groups excluding carboxylic acids is 4. The Balaban J connectivity index is 2.06. The molecule has 0 saturated carbocycles. The van der Waals surface area contributed by atoms with Crippen molar-refractivity contribution in [2.45, 2.75) is 81.1 Å². The van der Waals surface area contributed by atoms with Gasteiger partial charge in [0.2, 0.25) is 11.8 Å². The Bertz CT molecular complexity index is 1240. The lowest BCUT2D eigenvalue weighted by molar-refractivity contribution is -0.128. The molecule has 1 heterocycles. The summed E-state index contributed by atoms with van der Waals surface area (Å²) in [5.74, 6) is -0.107. The van der Waals surface area contributed by atoms with E-state index in [9.17, 15) is 19.2 Å². The van der Waals surface area contributed by atoms with Crippen LogP contribution >= 0.6 is 0 Å². The Kier molecular flexibility index (Phi) is 29.9. The third-order valence-corrected chi connectivity index (χ3v) is 9.38. The van der Waals surface area contributed by atoms with E-state index in [2.05, 4.69) is 86.6 Å². The normalized spacial score (nSPS) is 11.7. The van der Waals surface area contributed by atoms with Gasteiger partial charge in [0.15, 0.2) is 23.0 Å². The number of nitrogen functional groups attached to an aromatic ring is 2. The fourth-order valence-electron chi connectivity index (χ4n) is 6.56. The number of aromatic nitrogens is 2. The van der Waals surface area contributed by atoms with E-state index in [1.165, 1.54) is 0 Å². The van der Waals surface area contributed by atoms with Crippen molar-refractivity contribution < 1.29 is 47.6 Å². The molecule has 0 aliphatic heterocycles. The lowest BCUT2D eigenvalue weighted by Gasteiger charge is -2.23. The Labute approximate surface area is 358 Å². The van der Waals surface area contributed by atoms with E-state index in [0.29, 0.717) is 142 Å². The average Bonchev–Trinajstić information content (AvgIpc) is 3.17. The van der Waals surface area contributed by atoms with E-state index < -0.39 is 11.8 Å². The molecule has 0 atom stereocenters. The number of nitrogens with two attached hydrogens (primary N) is 2. The number of nitrogens with one attached hydrogen (secondary N) is 4. The summed E-state index contributed by atoms with van der Waals surface area (Å²) in [5.41, 5.74) is 11.6. The molecule has 0 spiro atoms.